The minimum absolute atomic E-state index is 0.00243. The summed E-state index contributed by atoms with van der Waals surface area (Å²) >= 11 is 0. The fourth-order valence-electron chi connectivity index (χ4n) is 3.40. The van der Waals surface area contributed by atoms with Crippen LogP contribution in [-0.4, -0.2) is 52.9 Å². The molecule has 4 heterocycles. The fourth-order valence-corrected chi connectivity index (χ4v) is 3.40. The van der Waals surface area contributed by atoms with Gasteiger partial charge in [-0.05, 0) is 30.9 Å². The summed E-state index contributed by atoms with van der Waals surface area (Å²) in [5, 5.41) is 0. The van der Waals surface area contributed by atoms with E-state index >= 15 is 0 Å². The fraction of sp³-hybridized carbons (Fsp3) is 0.400. The minimum Gasteiger partial charge on any atom is -0.477 e. The van der Waals surface area contributed by atoms with E-state index in [1.807, 2.05) is 23.1 Å². The quantitative estimate of drug-likeness (QED) is 0.821. The van der Waals surface area contributed by atoms with Gasteiger partial charge in [0.25, 0.3) is 5.91 Å². The van der Waals surface area contributed by atoms with E-state index in [0.717, 1.165) is 12.8 Å². The van der Waals surface area contributed by atoms with Crippen molar-refractivity contribution in [3.05, 3.63) is 47.8 Å². The van der Waals surface area contributed by atoms with Gasteiger partial charge >= 0.3 is 0 Å². The van der Waals surface area contributed by atoms with E-state index < -0.39 is 0 Å². The van der Waals surface area contributed by atoms with E-state index in [4.69, 9.17) is 9.47 Å². The summed E-state index contributed by atoms with van der Waals surface area (Å²) in [4.78, 5) is 34.5. The molecule has 2 aliphatic heterocycles. The normalized spacial score (nSPS) is 17.2. The molecule has 0 spiro atoms. The summed E-state index contributed by atoms with van der Waals surface area (Å²) in [5.41, 5.74) is 1.20. The zero-order valence-electron chi connectivity index (χ0n) is 15.0. The Balaban J connectivity index is 1.32. The van der Waals surface area contributed by atoms with Gasteiger partial charge in [0.15, 0.2) is 5.78 Å². The van der Waals surface area contributed by atoms with Gasteiger partial charge in [0.2, 0.25) is 11.8 Å². The Morgan fingerprint density at radius 3 is 2.89 bits per heavy atom. The second-order valence-electron chi connectivity index (χ2n) is 6.91. The Morgan fingerprint density at radius 1 is 1.26 bits per heavy atom. The number of hydrogen-bond donors (Lipinski definition) is 0. The molecule has 0 aliphatic carbocycles. The van der Waals surface area contributed by atoms with Crippen LogP contribution in [0.3, 0.4) is 0 Å². The van der Waals surface area contributed by atoms with Gasteiger partial charge in [-0.25, -0.2) is 9.97 Å². The number of carbonyl (C=O) groups is 2. The van der Waals surface area contributed by atoms with Crippen LogP contribution in [0.2, 0.25) is 0 Å². The molecule has 2 aromatic heterocycles. The lowest BCUT2D eigenvalue weighted by Gasteiger charge is -2.32. The Morgan fingerprint density at radius 2 is 2.11 bits per heavy atom. The van der Waals surface area contributed by atoms with E-state index in [2.05, 4.69) is 9.97 Å². The maximum absolute atomic E-state index is 12.8. The van der Waals surface area contributed by atoms with E-state index in [9.17, 15) is 9.59 Å². The molecule has 0 unspecified atom stereocenters. The van der Waals surface area contributed by atoms with Crippen LogP contribution in [0.25, 0.3) is 0 Å². The number of carbonyl (C=O) groups excluding carboxylic acids is 2. The highest BCUT2D eigenvalue weighted by atomic mass is 16.5. The first-order valence-corrected chi connectivity index (χ1v) is 9.15. The van der Waals surface area contributed by atoms with Crippen LogP contribution in [0.4, 0.5) is 0 Å². The van der Waals surface area contributed by atoms with Crippen molar-refractivity contribution in [1.29, 1.82) is 0 Å². The third kappa shape index (κ3) is 4.07. The smallest absolute Gasteiger partial charge is 0.255 e. The van der Waals surface area contributed by atoms with Crippen molar-refractivity contribution in [3.8, 4) is 11.8 Å². The number of ether oxygens (including phenoxy) is 2. The van der Waals surface area contributed by atoms with Crippen LogP contribution in [0.5, 0.6) is 11.8 Å². The predicted octanol–water partition coefficient (Wildman–Crippen LogP) is 1.91. The van der Waals surface area contributed by atoms with Gasteiger partial charge in [-0.1, -0.05) is 6.07 Å². The molecule has 0 N–H and O–H groups in total. The lowest BCUT2D eigenvalue weighted by molar-refractivity contribution is -0.121. The number of likely N-dealkylation sites (tertiary alicyclic amines) is 1. The molecular formula is C20H21N3O4. The molecule has 0 radical (unpaired) electrons. The molecule has 2 aliphatic rings. The minimum atomic E-state index is -0.0487. The molecule has 0 atom stereocenters. The first kappa shape index (κ1) is 17.5. The average Bonchev–Trinajstić information content (AvgIpc) is 2.72. The van der Waals surface area contributed by atoms with Gasteiger partial charge in [-0.15, -0.1) is 0 Å². The topological polar surface area (TPSA) is 81.6 Å². The van der Waals surface area contributed by atoms with Crippen molar-refractivity contribution in [2.45, 2.75) is 19.3 Å². The first-order valence-electron chi connectivity index (χ1n) is 9.15. The molecule has 0 aromatic carbocycles. The van der Waals surface area contributed by atoms with Crippen LogP contribution in [-0.2, 0) is 11.2 Å². The molecule has 0 bridgehead atoms. The summed E-state index contributed by atoms with van der Waals surface area (Å²) < 4.78 is 11.0. The largest absolute Gasteiger partial charge is 0.477 e. The third-order valence-electron chi connectivity index (χ3n) is 4.94. The lowest BCUT2D eigenvalue weighted by atomic mass is 9.97. The zero-order chi connectivity index (χ0) is 18.6. The van der Waals surface area contributed by atoms with Crippen molar-refractivity contribution < 1.29 is 19.1 Å². The van der Waals surface area contributed by atoms with Crippen LogP contribution < -0.4 is 9.47 Å². The predicted molar refractivity (Wildman–Crippen MR) is 96.8 cm³/mol. The molecular weight excluding hydrogens is 346 g/mol. The van der Waals surface area contributed by atoms with Crippen molar-refractivity contribution in [2.24, 2.45) is 5.92 Å². The molecule has 2 aromatic rings. The van der Waals surface area contributed by atoms with Crippen molar-refractivity contribution in [3.63, 3.8) is 0 Å². The maximum Gasteiger partial charge on any atom is 0.255 e. The Bertz CT molecular complexity index is 832. The highest BCUT2D eigenvalue weighted by Gasteiger charge is 2.26. The SMILES string of the molecule is O=C1COc2ncc(C(=O)N3CCC(COc4ccccn4)CC3)cc2C1. The summed E-state index contributed by atoms with van der Waals surface area (Å²) in [7, 11) is 0. The Hall–Kier alpha value is -2.96. The number of fused-ring (bicyclic) bond motifs is 1. The molecule has 140 valence electrons. The lowest BCUT2D eigenvalue weighted by Crippen LogP contribution is -2.39. The van der Waals surface area contributed by atoms with Crippen LogP contribution in [0.1, 0.15) is 28.8 Å². The van der Waals surface area contributed by atoms with E-state index in [-0.39, 0.29) is 24.7 Å². The average molecular weight is 367 g/mol. The molecule has 1 fully saturated rings. The van der Waals surface area contributed by atoms with Gasteiger partial charge in [-0.2, -0.15) is 0 Å². The van der Waals surface area contributed by atoms with E-state index in [1.54, 1.807) is 12.3 Å². The number of hydrogen-bond acceptors (Lipinski definition) is 6. The molecule has 4 rings (SSSR count). The Labute approximate surface area is 157 Å². The zero-order valence-corrected chi connectivity index (χ0v) is 15.0. The number of ketones is 1. The van der Waals surface area contributed by atoms with Crippen LogP contribution in [0, 0.1) is 5.92 Å². The number of nitrogens with zero attached hydrogens (tertiary/aromatic N) is 3. The van der Waals surface area contributed by atoms with Crippen molar-refractivity contribution in [1.82, 2.24) is 14.9 Å². The number of pyridine rings is 2. The second-order valence-corrected chi connectivity index (χ2v) is 6.91. The molecule has 7 heteroatoms. The summed E-state index contributed by atoms with van der Waals surface area (Å²) in [6.07, 6.45) is 5.29. The number of Topliss-reactive ketones (excluding diaryl/α,β-unsaturated/α-hetero) is 1. The monoisotopic (exact) mass is 367 g/mol. The number of piperidine rings is 1. The van der Waals surface area contributed by atoms with Gasteiger partial charge in [-0.3, -0.25) is 9.59 Å². The van der Waals surface area contributed by atoms with Crippen LogP contribution in [0.15, 0.2) is 36.7 Å². The van der Waals surface area contributed by atoms with Gasteiger partial charge in [0.1, 0.15) is 6.61 Å². The number of rotatable bonds is 4. The van der Waals surface area contributed by atoms with Crippen molar-refractivity contribution in [2.75, 3.05) is 26.3 Å². The summed E-state index contributed by atoms with van der Waals surface area (Å²) in [5.74, 6) is 1.45. The highest BCUT2D eigenvalue weighted by Crippen LogP contribution is 2.24. The highest BCUT2D eigenvalue weighted by molar-refractivity contribution is 5.95. The van der Waals surface area contributed by atoms with Crippen molar-refractivity contribution >= 4 is 11.7 Å². The van der Waals surface area contributed by atoms with E-state index in [0.29, 0.717) is 48.5 Å². The van der Waals surface area contributed by atoms with Gasteiger partial charge in [0.05, 0.1) is 12.2 Å². The van der Waals surface area contributed by atoms with Gasteiger partial charge in [0, 0.05) is 43.5 Å². The standard InChI is InChI=1S/C20H21N3O4/c24-17-10-15-9-16(11-22-19(15)27-13-17)20(25)23-7-4-14(5-8-23)12-26-18-3-1-2-6-21-18/h1-3,6,9,11,14H,4-5,7-8,10,12-13H2. The van der Waals surface area contributed by atoms with Crippen LogP contribution >= 0.6 is 0 Å². The molecule has 1 amide bonds. The maximum atomic E-state index is 12.8. The second kappa shape index (κ2) is 7.73. The van der Waals surface area contributed by atoms with E-state index in [1.165, 1.54) is 6.20 Å². The number of aromatic nitrogens is 2. The molecule has 27 heavy (non-hydrogen) atoms. The van der Waals surface area contributed by atoms with Gasteiger partial charge < -0.3 is 14.4 Å². The molecule has 0 saturated carbocycles. The first-order chi connectivity index (χ1) is 13.2. The number of amides is 1. The summed E-state index contributed by atoms with van der Waals surface area (Å²) in [6.45, 7) is 2.03. The summed E-state index contributed by atoms with van der Waals surface area (Å²) in [6, 6.07) is 7.33. The molecule has 1 saturated heterocycles. The third-order valence-corrected chi connectivity index (χ3v) is 4.94. The molecule has 7 nitrogen and oxygen atoms in total. The Kier molecular flexibility index (Phi) is 5.00.